The first-order valence-corrected chi connectivity index (χ1v) is 9.90. The van der Waals surface area contributed by atoms with Crippen LogP contribution in [0.1, 0.15) is 54.2 Å². The zero-order chi connectivity index (χ0) is 18.8. The summed E-state index contributed by atoms with van der Waals surface area (Å²) < 4.78 is 1.80. The highest BCUT2D eigenvalue weighted by Crippen LogP contribution is 2.36. The number of rotatable bonds is 5. The summed E-state index contributed by atoms with van der Waals surface area (Å²) >= 11 is 0. The summed E-state index contributed by atoms with van der Waals surface area (Å²) in [5.74, 6) is 2.21. The molecule has 27 heavy (non-hydrogen) atoms. The first-order chi connectivity index (χ1) is 13.1. The maximum Gasteiger partial charge on any atom is 0.273 e. The van der Waals surface area contributed by atoms with Crippen LogP contribution >= 0.6 is 0 Å². The van der Waals surface area contributed by atoms with Crippen molar-refractivity contribution < 1.29 is 4.79 Å². The topological polar surface area (TPSA) is 67.2 Å². The predicted molar refractivity (Wildman–Crippen MR) is 104 cm³/mol. The van der Waals surface area contributed by atoms with Crippen LogP contribution in [0.5, 0.6) is 0 Å². The van der Waals surface area contributed by atoms with E-state index in [9.17, 15) is 4.79 Å². The minimum atomic E-state index is -0.000953. The number of imidazole rings is 1. The van der Waals surface area contributed by atoms with Gasteiger partial charge in [0, 0.05) is 57.6 Å². The molecule has 0 N–H and O–H groups in total. The molecular weight excluding hydrogens is 340 g/mol. The molecule has 1 saturated carbocycles. The average molecular weight is 368 g/mol. The van der Waals surface area contributed by atoms with Gasteiger partial charge in [0.1, 0.15) is 17.8 Å². The van der Waals surface area contributed by atoms with Gasteiger partial charge in [-0.05, 0) is 31.6 Å². The van der Waals surface area contributed by atoms with Gasteiger partial charge in [0.15, 0.2) is 0 Å². The van der Waals surface area contributed by atoms with Gasteiger partial charge in [0.25, 0.3) is 5.91 Å². The van der Waals surface area contributed by atoms with Gasteiger partial charge >= 0.3 is 0 Å². The van der Waals surface area contributed by atoms with Crippen molar-refractivity contribution in [3.63, 3.8) is 0 Å². The molecule has 3 heterocycles. The van der Waals surface area contributed by atoms with Gasteiger partial charge < -0.3 is 14.4 Å². The SMILES string of the molecule is CN(CC1CCN(c2cc(C3CCC3)ncn2)CC1)C(=O)c1cn(C)cn1. The van der Waals surface area contributed by atoms with Crippen molar-refractivity contribution in [2.75, 3.05) is 31.6 Å². The molecule has 2 aromatic rings. The third kappa shape index (κ3) is 3.96. The van der Waals surface area contributed by atoms with E-state index in [1.165, 1.54) is 25.0 Å². The summed E-state index contributed by atoms with van der Waals surface area (Å²) in [5, 5.41) is 0. The monoisotopic (exact) mass is 368 g/mol. The molecule has 0 aromatic carbocycles. The minimum Gasteiger partial charge on any atom is -0.356 e. The van der Waals surface area contributed by atoms with Crippen LogP contribution in [0.4, 0.5) is 5.82 Å². The van der Waals surface area contributed by atoms with Gasteiger partial charge in [-0.25, -0.2) is 15.0 Å². The first-order valence-electron chi connectivity index (χ1n) is 9.90. The van der Waals surface area contributed by atoms with E-state index in [-0.39, 0.29) is 5.91 Å². The van der Waals surface area contributed by atoms with Gasteiger partial charge in [-0.3, -0.25) is 4.79 Å². The highest BCUT2D eigenvalue weighted by Gasteiger charge is 2.26. The third-order valence-corrected chi connectivity index (χ3v) is 5.94. The predicted octanol–water partition coefficient (Wildman–Crippen LogP) is 2.47. The van der Waals surface area contributed by atoms with Crippen molar-refractivity contribution in [2.24, 2.45) is 13.0 Å². The fourth-order valence-corrected chi connectivity index (χ4v) is 4.00. The summed E-state index contributed by atoms with van der Waals surface area (Å²) in [7, 11) is 3.75. The van der Waals surface area contributed by atoms with Crippen molar-refractivity contribution in [3.8, 4) is 0 Å². The zero-order valence-corrected chi connectivity index (χ0v) is 16.2. The quantitative estimate of drug-likeness (QED) is 0.811. The molecule has 0 atom stereocenters. The van der Waals surface area contributed by atoms with Gasteiger partial charge in [-0.1, -0.05) is 6.42 Å². The molecule has 1 saturated heterocycles. The zero-order valence-electron chi connectivity index (χ0n) is 16.2. The Kier molecular flexibility index (Phi) is 5.09. The highest BCUT2D eigenvalue weighted by molar-refractivity contribution is 5.91. The Labute approximate surface area is 160 Å². The molecule has 1 aliphatic carbocycles. The van der Waals surface area contributed by atoms with E-state index in [4.69, 9.17) is 0 Å². The van der Waals surface area contributed by atoms with E-state index in [1.54, 1.807) is 23.4 Å². The number of nitrogens with zero attached hydrogens (tertiary/aromatic N) is 6. The molecule has 7 heteroatoms. The van der Waals surface area contributed by atoms with Crippen LogP contribution in [-0.2, 0) is 7.05 Å². The molecule has 0 bridgehead atoms. The molecule has 1 amide bonds. The molecule has 0 radical (unpaired) electrons. The largest absolute Gasteiger partial charge is 0.356 e. The molecule has 2 fully saturated rings. The van der Waals surface area contributed by atoms with Crippen LogP contribution in [0.25, 0.3) is 0 Å². The maximum absolute atomic E-state index is 12.5. The summed E-state index contributed by atoms with van der Waals surface area (Å²) in [4.78, 5) is 29.8. The van der Waals surface area contributed by atoms with E-state index in [0.29, 0.717) is 17.5 Å². The normalized spacial score (nSPS) is 18.4. The number of hydrogen-bond donors (Lipinski definition) is 0. The Balaban J connectivity index is 1.30. The first kappa shape index (κ1) is 17.9. The van der Waals surface area contributed by atoms with Crippen molar-refractivity contribution in [1.29, 1.82) is 0 Å². The van der Waals surface area contributed by atoms with Gasteiger partial charge in [0.2, 0.25) is 0 Å². The number of carbonyl (C=O) groups is 1. The second kappa shape index (κ2) is 7.66. The van der Waals surface area contributed by atoms with E-state index >= 15 is 0 Å². The number of piperidine rings is 1. The maximum atomic E-state index is 12.5. The number of amides is 1. The standard InChI is InChI=1S/C20H28N6O/c1-24-12-18(23-14-24)20(27)25(2)11-15-6-8-26(9-7-15)19-10-17(21-13-22-19)16-4-3-5-16/h10,12-16H,3-9,11H2,1-2H3. The van der Waals surface area contributed by atoms with E-state index in [2.05, 4.69) is 25.9 Å². The lowest BCUT2D eigenvalue weighted by Gasteiger charge is -2.35. The molecule has 144 valence electrons. The fourth-order valence-electron chi connectivity index (χ4n) is 4.00. The van der Waals surface area contributed by atoms with Crippen LogP contribution < -0.4 is 4.90 Å². The molecule has 0 unspecified atom stereocenters. The number of aryl methyl sites for hydroxylation is 1. The molecule has 1 aliphatic heterocycles. The van der Waals surface area contributed by atoms with Gasteiger partial charge in [-0.15, -0.1) is 0 Å². The van der Waals surface area contributed by atoms with Gasteiger partial charge in [0.05, 0.1) is 6.33 Å². The summed E-state index contributed by atoms with van der Waals surface area (Å²) in [5.41, 5.74) is 1.72. The lowest BCUT2D eigenvalue weighted by molar-refractivity contribution is 0.0759. The average Bonchev–Trinajstić information content (AvgIpc) is 3.07. The Morgan fingerprint density at radius 1 is 1.19 bits per heavy atom. The van der Waals surface area contributed by atoms with Gasteiger partial charge in [-0.2, -0.15) is 0 Å². The van der Waals surface area contributed by atoms with Crippen molar-refractivity contribution in [1.82, 2.24) is 24.4 Å². The van der Waals surface area contributed by atoms with Crippen LogP contribution in [0, 0.1) is 5.92 Å². The van der Waals surface area contributed by atoms with Crippen LogP contribution in [0.2, 0.25) is 0 Å². The van der Waals surface area contributed by atoms with Crippen molar-refractivity contribution >= 4 is 11.7 Å². The summed E-state index contributed by atoms with van der Waals surface area (Å²) in [6.07, 6.45) is 11.1. The van der Waals surface area contributed by atoms with E-state index in [1.807, 2.05) is 19.0 Å². The summed E-state index contributed by atoms with van der Waals surface area (Å²) in [6, 6.07) is 2.18. The van der Waals surface area contributed by atoms with E-state index < -0.39 is 0 Å². The number of aromatic nitrogens is 4. The Morgan fingerprint density at radius 2 is 1.96 bits per heavy atom. The molecule has 7 nitrogen and oxygen atoms in total. The lowest BCUT2D eigenvalue weighted by atomic mass is 9.83. The number of anilines is 1. The van der Waals surface area contributed by atoms with Crippen LogP contribution in [-0.4, -0.2) is 57.0 Å². The molecule has 4 rings (SSSR count). The van der Waals surface area contributed by atoms with E-state index in [0.717, 1.165) is 38.3 Å². The molecular formula is C20H28N6O. The Bertz CT molecular complexity index is 791. The molecule has 0 spiro atoms. The van der Waals surface area contributed by atoms with Crippen LogP contribution in [0.15, 0.2) is 24.9 Å². The number of carbonyl (C=O) groups excluding carboxylic acids is 1. The second-order valence-corrected chi connectivity index (χ2v) is 7.97. The minimum absolute atomic E-state index is 0.000953. The molecule has 2 aromatic heterocycles. The Hall–Kier alpha value is -2.44. The van der Waals surface area contributed by atoms with Crippen molar-refractivity contribution in [3.05, 3.63) is 36.3 Å². The van der Waals surface area contributed by atoms with Crippen LogP contribution in [0.3, 0.4) is 0 Å². The van der Waals surface area contributed by atoms with Crippen molar-refractivity contribution in [2.45, 2.75) is 38.0 Å². The third-order valence-electron chi connectivity index (χ3n) is 5.94. The lowest BCUT2D eigenvalue weighted by Crippen LogP contribution is -2.40. The molecule has 2 aliphatic rings. The Morgan fingerprint density at radius 3 is 2.59 bits per heavy atom. The number of hydrogen-bond acceptors (Lipinski definition) is 5. The smallest absolute Gasteiger partial charge is 0.273 e. The second-order valence-electron chi connectivity index (χ2n) is 7.97. The fraction of sp³-hybridized carbons (Fsp3) is 0.600. The summed E-state index contributed by atoms with van der Waals surface area (Å²) in [6.45, 7) is 2.75. The highest BCUT2D eigenvalue weighted by atomic mass is 16.2.